The van der Waals surface area contributed by atoms with E-state index in [2.05, 4.69) is 37.9 Å². The van der Waals surface area contributed by atoms with Gasteiger partial charge in [0.25, 0.3) is 0 Å². The van der Waals surface area contributed by atoms with Gasteiger partial charge >= 0.3 is 7.12 Å². The molecule has 4 rings (SSSR count). The van der Waals surface area contributed by atoms with E-state index in [0.29, 0.717) is 16.9 Å². The summed E-state index contributed by atoms with van der Waals surface area (Å²) in [5.74, 6) is -0.0332. The second-order valence-electron chi connectivity index (χ2n) is 7.61. The number of halogens is 5. The molecular formula is C26H22BCl4IN4O4. The first-order chi connectivity index (χ1) is 19.0. The Balaban J connectivity index is 0.000000222. The maximum absolute atomic E-state index is 10.7. The summed E-state index contributed by atoms with van der Waals surface area (Å²) in [6.45, 7) is 1.82. The fourth-order valence-corrected chi connectivity index (χ4v) is 4.43. The number of anilines is 1. The molecule has 0 atom stereocenters. The van der Waals surface area contributed by atoms with Gasteiger partial charge in [-0.25, -0.2) is 9.97 Å². The van der Waals surface area contributed by atoms with Crippen molar-refractivity contribution in [2.45, 2.75) is 13.5 Å². The van der Waals surface area contributed by atoms with E-state index >= 15 is 0 Å². The van der Waals surface area contributed by atoms with Gasteiger partial charge in [0.1, 0.15) is 27.2 Å². The molecule has 4 N–H and O–H groups in total. The van der Waals surface area contributed by atoms with E-state index < -0.39 is 7.12 Å². The van der Waals surface area contributed by atoms with Crippen LogP contribution in [0.1, 0.15) is 12.5 Å². The average Bonchev–Trinajstić information content (AvgIpc) is 2.89. The molecule has 0 aliphatic rings. The quantitative estimate of drug-likeness (QED) is 0.0590. The van der Waals surface area contributed by atoms with E-state index in [9.17, 15) is 4.79 Å². The number of carbonyl (C=O) groups excluding carboxylic acids is 1. The molecule has 4 aromatic rings. The molecule has 2 heterocycles. The van der Waals surface area contributed by atoms with Crippen molar-refractivity contribution in [3.63, 3.8) is 0 Å². The van der Waals surface area contributed by atoms with Crippen molar-refractivity contribution in [3.8, 4) is 11.1 Å². The van der Waals surface area contributed by atoms with Gasteiger partial charge in [0.2, 0.25) is 5.91 Å². The zero-order chi connectivity index (χ0) is 29.7. The molecule has 40 heavy (non-hydrogen) atoms. The van der Waals surface area contributed by atoms with Crippen LogP contribution in [-0.2, 0) is 16.1 Å². The fourth-order valence-electron chi connectivity index (χ4n) is 3.02. The molecule has 208 valence electrons. The van der Waals surface area contributed by atoms with Gasteiger partial charge in [-0.3, -0.25) is 10.2 Å². The smallest absolute Gasteiger partial charge is 0.479 e. The van der Waals surface area contributed by atoms with E-state index in [4.69, 9.17) is 66.6 Å². The summed E-state index contributed by atoms with van der Waals surface area (Å²) >= 11 is 25.0. The second kappa shape index (κ2) is 17.4. The number of para-hydroxylation sites is 1. The van der Waals surface area contributed by atoms with E-state index in [1.54, 1.807) is 6.07 Å². The zero-order valence-corrected chi connectivity index (χ0v) is 26.0. The summed E-state index contributed by atoms with van der Waals surface area (Å²) in [6, 6.07) is 21.7. The van der Waals surface area contributed by atoms with Crippen LogP contribution < -0.4 is 10.8 Å². The van der Waals surface area contributed by atoms with Gasteiger partial charge in [0.15, 0.2) is 6.40 Å². The van der Waals surface area contributed by atoms with Crippen LogP contribution in [0, 0.1) is 8.98 Å². The number of nitrogens with one attached hydrogen (secondary N) is 2. The van der Waals surface area contributed by atoms with Crippen LogP contribution in [0.3, 0.4) is 0 Å². The minimum Gasteiger partial charge on any atom is -0.479 e. The number of carbonyl (C=O) groups is 1. The minimum atomic E-state index is -1.60. The predicted molar refractivity (Wildman–Crippen MR) is 171 cm³/mol. The lowest BCUT2D eigenvalue weighted by atomic mass is 9.82. The Kier molecular flexibility index (Phi) is 14.7. The standard InChI is InChI=1S/C13H10Cl2N2O.C8H8INO.C5H4BCl2NO2/c14-12-6-5-11(13(15)17-12)10-4-2-1-3-9(10)7-18-8-16;1-6(11)10-8-5-3-2-4-7(8)9;7-4-2-1-3(6(10)11)5(8)9-4/h1-6,8,16H,7H2;2-5H,1H3,(H,10,11);1-2,10-11H. The van der Waals surface area contributed by atoms with Crippen LogP contribution in [0.15, 0.2) is 72.8 Å². The SMILES string of the molecule is CC(=O)Nc1ccccc1I.N=COCc1ccccc1-c1ccc(Cl)nc1Cl.OB(O)c1ccc(Cl)nc1Cl. The molecule has 8 nitrogen and oxygen atoms in total. The first-order valence-electron chi connectivity index (χ1n) is 11.2. The molecule has 14 heteroatoms. The van der Waals surface area contributed by atoms with Crippen LogP contribution in [0.25, 0.3) is 11.1 Å². The molecule has 0 saturated carbocycles. The number of rotatable bonds is 6. The van der Waals surface area contributed by atoms with Crippen LogP contribution in [0.4, 0.5) is 5.69 Å². The molecule has 0 spiro atoms. The monoisotopic (exact) mass is 732 g/mol. The molecule has 0 unspecified atom stereocenters. The van der Waals surface area contributed by atoms with Crippen molar-refractivity contribution in [2.75, 3.05) is 5.32 Å². The highest BCUT2D eigenvalue weighted by atomic mass is 127. The third-order valence-electron chi connectivity index (χ3n) is 4.75. The number of pyridine rings is 2. The number of amides is 1. The average molecular weight is 734 g/mol. The van der Waals surface area contributed by atoms with Crippen LogP contribution in [0.2, 0.25) is 20.6 Å². The van der Waals surface area contributed by atoms with Gasteiger partial charge in [-0.15, -0.1) is 0 Å². The molecular weight excluding hydrogens is 712 g/mol. The predicted octanol–water partition coefficient (Wildman–Crippen LogP) is 6.50. The summed E-state index contributed by atoms with van der Waals surface area (Å²) in [6.07, 6.45) is 0.915. The molecule has 0 bridgehead atoms. The first-order valence-corrected chi connectivity index (χ1v) is 13.8. The molecule has 0 fully saturated rings. The summed E-state index contributed by atoms with van der Waals surface area (Å²) < 4.78 is 6.05. The molecule has 2 aromatic carbocycles. The minimum absolute atomic E-state index is 0.00694. The van der Waals surface area contributed by atoms with E-state index in [1.807, 2.05) is 54.6 Å². The third-order valence-corrected chi connectivity index (χ3v) is 6.70. The van der Waals surface area contributed by atoms with E-state index in [0.717, 1.165) is 32.3 Å². The molecule has 0 saturated heterocycles. The van der Waals surface area contributed by atoms with Gasteiger partial charge in [0, 0.05) is 21.5 Å². The van der Waals surface area contributed by atoms with Crippen molar-refractivity contribution in [3.05, 3.63) is 103 Å². The highest BCUT2D eigenvalue weighted by Gasteiger charge is 2.15. The van der Waals surface area contributed by atoms with Crippen molar-refractivity contribution in [2.24, 2.45) is 0 Å². The fraction of sp³-hybridized carbons (Fsp3) is 0.0769. The zero-order valence-electron chi connectivity index (χ0n) is 20.8. The Hall–Kier alpha value is -2.45. The van der Waals surface area contributed by atoms with Gasteiger partial charge in [-0.2, -0.15) is 0 Å². The Bertz CT molecular complexity index is 1450. The van der Waals surface area contributed by atoms with Crippen LogP contribution in [-0.4, -0.2) is 39.4 Å². The molecule has 1 amide bonds. The van der Waals surface area contributed by atoms with E-state index in [-0.39, 0.29) is 21.7 Å². The molecule has 0 radical (unpaired) electrons. The van der Waals surface area contributed by atoms with Crippen molar-refractivity contribution < 1.29 is 19.6 Å². The lowest BCUT2D eigenvalue weighted by Gasteiger charge is -2.10. The number of nitrogens with zero attached hydrogens (tertiary/aromatic N) is 2. The number of ether oxygens (including phenoxy) is 1. The second-order valence-corrected chi connectivity index (χ2v) is 10.3. The molecule has 0 aliphatic carbocycles. The third kappa shape index (κ3) is 11.2. The highest BCUT2D eigenvalue weighted by molar-refractivity contribution is 14.1. The summed E-state index contributed by atoms with van der Waals surface area (Å²) in [5.41, 5.74) is 3.68. The first kappa shape index (κ1) is 33.8. The molecule has 2 aromatic heterocycles. The highest BCUT2D eigenvalue weighted by Crippen LogP contribution is 2.30. The topological polar surface area (TPSA) is 128 Å². The van der Waals surface area contributed by atoms with Crippen molar-refractivity contribution in [1.29, 1.82) is 5.41 Å². The van der Waals surface area contributed by atoms with Crippen LogP contribution >= 0.6 is 69.0 Å². The van der Waals surface area contributed by atoms with E-state index in [1.165, 1.54) is 19.1 Å². The largest absolute Gasteiger partial charge is 0.491 e. The molecule has 0 aliphatic heterocycles. The van der Waals surface area contributed by atoms with Crippen molar-refractivity contribution >= 4 is 99.6 Å². The summed E-state index contributed by atoms with van der Waals surface area (Å²) in [5, 5.41) is 27.9. The van der Waals surface area contributed by atoms with Gasteiger partial charge < -0.3 is 20.1 Å². The maximum Gasteiger partial charge on any atom is 0.491 e. The number of hydrogen-bond donors (Lipinski definition) is 4. The Morgan fingerprint density at radius 2 is 1.52 bits per heavy atom. The van der Waals surface area contributed by atoms with Gasteiger partial charge in [0.05, 0.1) is 5.69 Å². The lowest BCUT2D eigenvalue weighted by Crippen LogP contribution is -2.31. The van der Waals surface area contributed by atoms with Crippen LogP contribution in [0.5, 0.6) is 0 Å². The summed E-state index contributed by atoms with van der Waals surface area (Å²) in [7, 11) is -1.60. The maximum atomic E-state index is 10.7. The lowest BCUT2D eigenvalue weighted by molar-refractivity contribution is -0.114. The number of benzene rings is 2. The Labute approximate surface area is 265 Å². The number of hydrogen-bond acceptors (Lipinski definition) is 7. The Morgan fingerprint density at radius 1 is 0.925 bits per heavy atom. The normalized spacial score (nSPS) is 9.80. The Morgan fingerprint density at radius 3 is 2.10 bits per heavy atom. The van der Waals surface area contributed by atoms with Gasteiger partial charge in [-0.05, 0) is 64.0 Å². The van der Waals surface area contributed by atoms with Crippen molar-refractivity contribution in [1.82, 2.24) is 9.97 Å². The van der Waals surface area contributed by atoms with Gasteiger partial charge in [-0.1, -0.05) is 88.9 Å². The summed E-state index contributed by atoms with van der Waals surface area (Å²) in [4.78, 5) is 18.3. The number of aromatic nitrogens is 2.